The first-order valence-electron chi connectivity index (χ1n) is 17.4. The summed E-state index contributed by atoms with van der Waals surface area (Å²) in [6.07, 6.45) is 30.1. The Hall–Kier alpha value is -1.10. The third-order valence-corrected chi connectivity index (χ3v) is 7.77. The van der Waals surface area contributed by atoms with E-state index in [9.17, 15) is 14.7 Å². The van der Waals surface area contributed by atoms with Gasteiger partial charge in [0.2, 0.25) is 0 Å². The number of carbonyl (C=O) groups excluding carboxylic acids is 2. The van der Waals surface area contributed by atoms with E-state index in [1.807, 2.05) is 0 Å². The number of rotatable bonds is 31. The molecule has 0 unspecified atom stereocenters. The summed E-state index contributed by atoms with van der Waals surface area (Å²) in [6.45, 7) is 6.62. The van der Waals surface area contributed by atoms with Crippen LogP contribution in [0.5, 0.6) is 0 Å². The van der Waals surface area contributed by atoms with Crippen LogP contribution in [0, 0.1) is 5.92 Å². The number of esters is 2. The number of hydrogen-bond acceptors (Lipinski definition) is 5. The maximum absolute atomic E-state index is 11.9. The fraction of sp³-hybridized carbons (Fsp3) is 0.943. The van der Waals surface area contributed by atoms with Crippen LogP contribution in [0.1, 0.15) is 188 Å². The summed E-state index contributed by atoms with van der Waals surface area (Å²) >= 11 is 0. The third-order valence-electron chi connectivity index (χ3n) is 7.77. The molecule has 0 aromatic rings. The highest BCUT2D eigenvalue weighted by molar-refractivity contribution is 5.69. The summed E-state index contributed by atoms with van der Waals surface area (Å²) in [6, 6.07) is 0. The molecule has 0 spiro atoms. The summed E-state index contributed by atoms with van der Waals surface area (Å²) in [7, 11) is 0. The van der Waals surface area contributed by atoms with Crippen LogP contribution in [-0.4, -0.2) is 36.4 Å². The molecule has 1 N–H and O–H groups in total. The average Bonchev–Trinajstić information content (AvgIpc) is 2.93. The summed E-state index contributed by atoms with van der Waals surface area (Å²) < 4.78 is 10.3. The molecule has 0 saturated heterocycles. The van der Waals surface area contributed by atoms with Crippen LogP contribution in [0.25, 0.3) is 0 Å². The van der Waals surface area contributed by atoms with Gasteiger partial charge in [-0.25, -0.2) is 0 Å². The van der Waals surface area contributed by atoms with Crippen LogP contribution in [0.2, 0.25) is 0 Å². The van der Waals surface area contributed by atoms with Crippen LogP contribution in [0.4, 0.5) is 0 Å². The van der Waals surface area contributed by atoms with Gasteiger partial charge in [-0.05, 0) is 18.8 Å². The summed E-state index contributed by atoms with van der Waals surface area (Å²) in [5.41, 5.74) is 0. The van der Waals surface area contributed by atoms with Crippen molar-refractivity contribution >= 4 is 11.9 Å². The van der Waals surface area contributed by atoms with E-state index < -0.39 is 6.10 Å². The third kappa shape index (κ3) is 31.4. The Kier molecular flexibility index (Phi) is 30.0. The second-order valence-electron chi connectivity index (χ2n) is 12.5. The number of aliphatic hydroxyl groups excluding tert-OH is 1. The molecule has 0 aromatic heterocycles. The predicted molar refractivity (Wildman–Crippen MR) is 168 cm³/mol. The Morgan fingerprint density at radius 3 is 1.12 bits per heavy atom. The molecule has 238 valence electrons. The molecule has 0 heterocycles. The molecule has 0 fully saturated rings. The van der Waals surface area contributed by atoms with E-state index in [4.69, 9.17) is 9.47 Å². The fourth-order valence-corrected chi connectivity index (χ4v) is 5.09. The second-order valence-corrected chi connectivity index (χ2v) is 12.5. The van der Waals surface area contributed by atoms with Gasteiger partial charge in [-0.1, -0.05) is 162 Å². The molecule has 0 bridgehead atoms. The molecule has 5 nitrogen and oxygen atoms in total. The van der Waals surface area contributed by atoms with Crippen molar-refractivity contribution in [1.82, 2.24) is 0 Å². The number of unbranched alkanes of at least 4 members (excludes halogenated alkanes) is 21. The summed E-state index contributed by atoms with van der Waals surface area (Å²) in [5, 5.41) is 9.96. The van der Waals surface area contributed by atoms with Crippen molar-refractivity contribution in [3.63, 3.8) is 0 Å². The molecule has 0 aliphatic rings. The highest BCUT2D eigenvalue weighted by Crippen LogP contribution is 2.15. The summed E-state index contributed by atoms with van der Waals surface area (Å²) in [5.74, 6) is 0.263. The van der Waals surface area contributed by atoms with Gasteiger partial charge in [0.05, 0.1) is 0 Å². The van der Waals surface area contributed by atoms with E-state index in [0.29, 0.717) is 12.8 Å². The minimum atomic E-state index is -0.954. The van der Waals surface area contributed by atoms with Gasteiger partial charge in [-0.15, -0.1) is 0 Å². The summed E-state index contributed by atoms with van der Waals surface area (Å²) in [4.78, 5) is 23.8. The van der Waals surface area contributed by atoms with Crippen molar-refractivity contribution in [2.45, 2.75) is 194 Å². The maximum Gasteiger partial charge on any atom is 0.305 e. The molecule has 40 heavy (non-hydrogen) atoms. The Balaban J connectivity index is 3.40. The molecule has 0 aliphatic carbocycles. The molecule has 0 radical (unpaired) electrons. The Bertz CT molecular complexity index is 548. The van der Waals surface area contributed by atoms with Gasteiger partial charge in [0.25, 0.3) is 0 Å². The normalized spacial score (nSPS) is 12.1. The average molecular weight is 569 g/mol. The SMILES string of the molecule is CCCCCCCCCCCCCCCCC(=O)OC[C@H](O)COC(=O)CCCCCCCCCCCC(C)C. The molecule has 0 aliphatic heterocycles. The highest BCUT2D eigenvalue weighted by atomic mass is 16.6. The molecular weight excluding hydrogens is 500 g/mol. The zero-order chi connectivity index (χ0) is 29.5. The van der Waals surface area contributed by atoms with Crippen LogP contribution in [0.3, 0.4) is 0 Å². The van der Waals surface area contributed by atoms with Crippen molar-refractivity contribution in [1.29, 1.82) is 0 Å². The lowest BCUT2D eigenvalue weighted by molar-refractivity contribution is -0.152. The highest BCUT2D eigenvalue weighted by Gasteiger charge is 2.12. The molecule has 1 atom stereocenters. The second kappa shape index (κ2) is 30.8. The van der Waals surface area contributed by atoms with Gasteiger partial charge >= 0.3 is 11.9 Å². The zero-order valence-electron chi connectivity index (χ0n) is 27.0. The van der Waals surface area contributed by atoms with Crippen molar-refractivity contribution in [2.24, 2.45) is 5.92 Å². The molecule has 0 saturated carbocycles. The van der Waals surface area contributed by atoms with Crippen molar-refractivity contribution in [3.05, 3.63) is 0 Å². The minimum Gasteiger partial charge on any atom is -0.463 e. The van der Waals surface area contributed by atoms with Crippen LogP contribution in [0.15, 0.2) is 0 Å². The van der Waals surface area contributed by atoms with Crippen LogP contribution in [-0.2, 0) is 19.1 Å². The van der Waals surface area contributed by atoms with E-state index >= 15 is 0 Å². The van der Waals surface area contributed by atoms with Gasteiger partial charge in [-0.3, -0.25) is 9.59 Å². The lowest BCUT2D eigenvalue weighted by atomic mass is 10.0. The fourth-order valence-electron chi connectivity index (χ4n) is 5.09. The zero-order valence-corrected chi connectivity index (χ0v) is 27.0. The van der Waals surface area contributed by atoms with Crippen molar-refractivity contribution < 1.29 is 24.2 Å². The Morgan fingerprint density at radius 2 is 0.800 bits per heavy atom. The van der Waals surface area contributed by atoms with Crippen LogP contribution >= 0.6 is 0 Å². The van der Waals surface area contributed by atoms with E-state index in [1.54, 1.807) is 0 Å². The molecule has 0 aromatic carbocycles. The Labute approximate surface area is 248 Å². The first-order chi connectivity index (χ1) is 19.5. The van der Waals surface area contributed by atoms with Crippen molar-refractivity contribution in [3.8, 4) is 0 Å². The van der Waals surface area contributed by atoms with Gasteiger partial charge in [0.1, 0.15) is 19.3 Å². The van der Waals surface area contributed by atoms with E-state index in [-0.39, 0.29) is 25.2 Å². The monoisotopic (exact) mass is 569 g/mol. The number of hydrogen-bond donors (Lipinski definition) is 1. The quantitative estimate of drug-likeness (QED) is 0.0665. The van der Waals surface area contributed by atoms with Crippen molar-refractivity contribution in [2.75, 3.05) is 13.2 Å². The minimum absolute atomic E-state index is 0.109. The first-order valence-corrected chi connectivity index (χ1v) is 17.4. The van der Waals surface area contributed by atoms with E-state index in [0.717, 1.165) is 38.0 Å². The van der Waals surface area contributed by atoms with Gasteiger partial charge < -0.3 is 14.6 Å². The lowest BCUT2D eigenvalue weighted by Gasteiger charge is -2.12. The lowest BCUT2D eigenvalue weighted by Crippen LogP contribution is -2.25. The van der Waals surface area contributed by atoms with Gasteiger partial charge in [0, 0.05) is 12.8 Å². The molecular formula is C35H68O5. The number of carbonyl (C=O) groups is 2. The van der Waals surface area contributed by atoms with Gasteiger partial charge in [0.15, 0.2) is 0 Å². The number of ether oxygens (including phenoxy) is 2. The largest absolute Gasteiger partial charge is 0.463 e. The number of aliphatic hydroxyl groups is 1. The Morgan fingerprint density at radius 1 is 0.500 bits per heavy atom. The topological polar surface area (TPSA) is 72.8 Å². The first kappa shape index (κ1) is 38.9. The standard InChI is InChI=1S/C35H68O5/c1-4-5-6-7-8-9-10-11-12-13-16-19-22-25-28-34(37)39-30-33(36)31-40-35(38)29-26-23-20-17-14-15-18-21-24-27-32(2)3/h32-33,36H,4-31H2,1-3H3/t33-/m0/s1. The predicted octanol–water partition coefficient (Wildman–Crippen LogP) is 10.3. The molecule has 0 amide bonds. The van der Waals surface area contributed by atoms with E-state index in [2.05, 4.69) is 20.8 Å². The maximum atomic E-state index is 11.9. The smallest absolute Gasteiger partial charge is 0.305 e. The van der Waals surface area contributed by atoms with Gasteiger partial charge in [-0.2, -0.15) is 0 Å². The van der Waals surface area contributed by atoms with Crippen LogP contribution < -0.4 is 0 Å². The van der Waals surface area contributed by atoms with E-state index in [1.165, 1.54) is 122 Å². The molecule has 0 rings (SSSR count). The molecule has 5 heteroatoms.